The number of fused-ring (bicyclic) bond motifs is 8. The first kappa shape index (κ1) is 9.31. The van der Waals surface area contributed by atoms with Crippen molar-refractivity contribution in [2.75, 3.05) is 0 Å². The van der Waals surface area contributed by atoms with Crippen molar-refractivity contribution in [2.45, 2.75) is 0 Å². The van der Waals surface area contributed by atoms with E-state index in [1.807, 2.05) is 22.7 Å². The molecule has 0 aliphatic heterocycles. The summed E-state index contributed by atoms with van der Waals surface area (Å²) in [4.78, 5) is 0. The molecule has 0 saturated carbocycles. The van der Waals surface area contributed by atoms with Gasteiger partial charge in [-0.05, 0) is 57.3 Å². The minimum Gasteiger partial charge on any atom is -0.144 e. The number of rotatable bonds is 0. The van der Waals surface area contributed by atoms with Crippen LogP contribution in [0.2, 0.25) is 0 Å². The highest BCUT2D eigenvalue weighted by Crippen LogP contribution is 2.54. The lowest BCUT2D eigenvalue weighted by Crippen LogP contribution is -1.98. The summed E-state index contributed by atoms with van der Waals surface area (Å²) in [5.74, 6) is 0. The Morgan fingerprint density at radius 2 is 1.06 bits per heavy atom. The summed E-state index contributed by atoms with van der Waals surface area (Å²) in [6.07, 6.45) is 0. The van der Waals surface area contributed by atoms with Gasteiger partial charge in [0.2, 0.25) is 0 Å². The van der Waals surface area contributed by atoms with E-state index < -0.39 is 0 Å². The normalized spacial score (nSPS) is 12.4. The van der Waals surface area contributed by atoms with Gasteiger partial charge in [-0.25, -0.2) is 0 Å². The number of thiophene rings is 2. The van der Waals surface area contributed by atoms with Crippen molar-refractivity contribution in [1.29, 1.82) is 0 Å². The van der Waals surface area contributed by atoms with E-state index in [-0.39, 0.29) is 0 Å². The lowest BCUT2D eigenvalue weighted by atomic mass is 9.77. The third kappa shape index (κ3) is 0.935. The summed E-state index contributed by atoms with van der Waals surface area (Å²) in [5, 5.41) is 7.21. The van der Waals surface area contributed by atoms with E-state index in [4.69, 9.17) is 0 Å². The molecule has 0 nitrogen and oxygen atoms in total. The molecule has 0 bridgehead atoms. The summed E-state index contributed by atoms with van der Waals surface area (Å²) >= 11 is 3.65. The maximum atomic E-state index is 2.29. The molecule has 1 aliphatic carbocycles. The van der Waals surface area contributed by atoms with Gasteiger partial charge in [-0.15, -0.1) is 22.7 Å². The van der Waals surface area contributed by atoms with Crippen molar-refractivity contribution in [3.63, 3.8) is 0 Å². The largest absolute Gasteiger partial charge is 0.144 e. The van der Waals surface area contributed by atoms with Crippen molar-refractivity contribution < 1.29 is 0 Å². The van der Waals surface area contributed by atoms with Crippen LogP contribution in [0.5, 0.6) is 0 Å². The van der Waals surface area contributed by atoms with Crippen LogP contribution in [0.25, 0.3) is 42.4 Å². The van der Waals surface area contributed by atoms with Gasteiger partial charge in [0.05, 0.1) is 0 Å². The predicted octanol–water partition coefficient (Wildman–Crippen LogP) is 5.76. The van der Waals surface area contributed by atoms with Crippen LogP contribution < -0.4 is 0 Å². The first-order valence-electron chi connectivity index (χ1n) is 5.95. The van der Waals surface area contributed by atoms with Gasteiger partial charge in [0.15, 0.2) is 0 Å². The third-order valence-electron chi connectivity index (χ3n) is 3.81. The quantitative estimate of drug-likeness (QED) is 0.333. The van der Waals surface area contributed by atoms with Gasteiger partial charge < -0.3 is 0 Å². The molecule has 2 aromatic heterocycles. The molecule has 2 aromatic carbocycles. The number of hydrogen-bond donors (Lipinski definition) is 0. The van der Waals surface area contributed by atoms with Crippen LogP contribution in [0.3, 0.4) is 0 Å². The average molecular weight is 264 g/mol. The molecular weight excluding hydrogens is 256 g/mol. The Kier molecular flexibility index (Phi) is 1.56. The molecule has 18 heavy (non-hydrogen) atoms. The van der Waals surface area contributed by atoms with Gasteiger partial charge in [0.1, 0.15) is 0 Å². The minimum absolute atomic E-state index is 1.39. The highest BCUT2D eigenvalue weighted by Gasteiger charge is 2.26. The first-order valence-corrected chi connectivity index (χ1v) is 7.70. The van der Waals surface area contributed by atoms with Crippen molar-refractivity contribution in [1.82, 2.24) is 0 Å². The van der Waals surface area contributed by atoms with Crippen LogP contribution in [0.15, 0.2) is 47.2 Å². The van der Waals surface area contributed by atoms with Gasteiger partial charge in [-0.2, -0.15) is 0 Å². The molecule has 0 N–H and O–H groups in total. The Hall–Kier alpha value is -1.64. The van der Waals surface area contributed by atoms with Crippen molar-refractivity contribution in [3.05, 3.63) is 47.2 Å². The van der Waals surface area contributed by atoms with Gasteiger partial charge in [0, 0.05) is 20.2 Å². The highest BCUT2D eigenvalue weighted by molar-refractivity contribution is 7.17. The molecule has 0 saturated heterocycles. The molecule has 2 heteroatoms. The molecule has 4 aromatic rings. The summed E-state index contributed by atoms with van der Waals surface area (Å²) in [5.41, 5.74) is 5.77. The van der Waals surface area contributed by atoms with E-state index in [2.05, 4.69) is 47.2 Å². The maximum absolute atomic E-state index is 2.29. The third-order valence-corrected chi connectivity index (χ3v) is 5.57. The van der Waals surface area contributed by atoms with E-state index in [0.29, 0.717) is 0 Å². The monoisotopic (exact) mass is 264 g/mol. The fourth-order valence-electron chi connectivity index (χ4n) is 3.02. The van der Waals surface area contributed by atoms with Gasteiger partial charge in [0.25, 0.3) is 0 Å². The maximum Gasteiger partial charge on any atom is 0.0349 e. The predicted molar refractivity (Wildman–Crippen MR) is 81.6 cm³/mol. The van der Waals surface area contributed by atoms with Gasteiger partial charge in [-0.1, -0.05) is 12.1 Å². The van der Waals surface area contributed by atoms with E-state index in [9.17, 15) is 0 Å². The lowest BCUT2D eigenvalue weighted by Gasteiger charge is -2.25. The first-order chi connectivity index (χ1) is 8.93. The smallest absolute Gasteiger partial charge is 0.0349 e. The molecular formula is C16H8S2. The number of hydrogen-bond acceptors (Lipinski definition) is 2. The van der Waals surface area contributed by atoms with Crippen LogP contribution in [0, 0.1) is 0 Å². The Morgan fingerprint density at radius 3 is 1.56 bits per heavy atom. The van der Waals surface area contributed by atoms with Crippen molar-refractivity contribution in [3.8, 4) is 22.3 Å². The second kappa shape index (κ2) is 3.02. The zero-order valence-electron chi connectivity index (χ0n) is 9.44. The fraction of sp³-hybridized carbons (Fsp3) is 0. The summed E-state index contributed by atoms with van der Waals surface area (Å²) in [7, 11) is 0. The zero-order valence-corrected chi connectivity index (χ0v) is 11.1. The lowest BCUT2D eigenvalue weighted by molar-refractivity contribution is 1.62. The minimum atomic E-state index is 1.39. The molecule has 0 amide bonds. The van der Waals surface area contributed by atoms with Crippen LogP contribution >= 0.6 is 22.7 Å². The summed E-state index contributed by atoms with van der Waals surface area (Å²) in [6, 6.07) is 13.6. The average Bonchev–Trinajstić information content (AvgIpc) is 2.99. The molecule has 5 rings (SSSR count). The van der Waals surface area contributed by atoms with E-state index >= 15 is 0 Å². The highest BCUT2D eigenvalue weighted by atomic mass is 32.1. The Balaban J connectivity index is 1.98. The molecule has 0 fully saturated rings. The van der Waals surface area contributed by atoms with Crippen molar-refractivity contribution >= 4 is 42.8 Å². The standard InChI is InChI=1S/C16H8S2/c1-3-13-9(5-7-17-13)15-11(1)16-10-6-8-18-14(10)4-2-12(15)16/h1-8H. The molecule has 0 unspecified atom stereocenters. The molecule has 0 spiro atoms. The molecule has 0 radical (unpaired) electrons. The molecule has 2 heterocycles. The fourth-order valence-corrected chi connectivity index (χ4v) is 4.61. The molecule has 0 atom stereocenters. The summed E-state index contributed by atoms with van der Waals surface area (Å²) < 4.78 is 2.79. The number of benzene rings is 2. The SMILES string of the molecule is c1cc2c3c(ccc2s1)-c1c-3ccc2sccc12. The van der Waals surface area contributed by atoms with Crippen LogP contribution in [-0.4, -0.2) is 0 Å². The second-order valence-corrected chi connectivity index (χ2v) is 6.54. The van der Waals surface area contributed by atoms with E-state index in [0.717, 1.165) is 0 Å². The van der Waals surface area contributed by atoms with Gasteiger partial charge in [-0.3, -0.25) is 0 Å². The summed E-state index contributed by atoms with van der Waals surface area (Å²) in [6.45, 7) is 0. The van der Waals surface area contributed by atoms with E-state index in [1.165, 1.54) is 42.4 Å². The van der Waals surface area contributed by atoms with E-state index in [1.54, 1.807) is 0 Å². The Labute approximate surface area is 112 Å². The van der Waals surface area contributed by atoms with Crippen LogP contribution in [0.1, 0.15) is 0 Å². The zero-order chi connectivity index (χ0) is 11.7. The van der Waals surface area contributed by atoms with Gasteiger partial charge >= 0.3 is 0 Å². The Bertz CT molecular complexity index is 832. The van der Waals surface area contributed by atoms with Crippen LogP contribution in [0.4, 0.5) is 0 Å². The van der Waals surface area contributed by atoms with Crippen LogP contribution in [-0.2, 0) is 0 Å². The molecule has 1 aliphatic rings. The molecule has 84 valence electrons. The van der Waals surface area contributed by atoms with Crippen molar-refractivity contribution in [2.24, 2.45) is 0 Å². The second-order valence-electron chi connectivity index (χ2n) is 4.64. The topological polar surface area (TPSA) is 0 Å². The Morgan fingerprint density at radius 1 is 0.556 bits per heavy atom.